The van der Waals surface area contributed by atoms with Crippen LogP contribution in [0.1, 0.15) is 26.3 Å². The summed E-state index contributed by atoms with van der Waals surface area (Å²) in [4.78, 5) is 23.1. The fourth-order valence-electron chi connectivity index (χ4n) is 2.10. The lowest BCUT2D eigenvalue weighted by atomic mass is 10.1. The predicted molar refractivity (Wildman–Crippen MR) is 74.4 cm³/mol. The van der Waals surface area contributed by atoms with E-state index in [0.717, 1.165) is 0 Å². The van der Waals surface area contributed by atoms with Crippen LogP contribution in [0.3, 0.4) is 0 Å². The molecule has 5 heteroatoms. The number of hydrogen-bond acceptors (Lipinski definition) is 4. The Bertz CT molecular complexity index is 789. The third-order valence-corrected chi connectivity index (χ3v) is 3.12. The maximum atomic E-state index is 12.1. The van der Waals surface area contributed by atoms with Crippen molar-refractivity contribution in [2.75, 3.05) is 0 Å². The van der Waals surface area contributed by atoms with Crippen LogP contribution in [0, 0.1) is 0 Å². The first-order chi connectivity index (χ1) is 10.1. The number of ketones is 1. The van der Waals surface area contributed by atoms with E-state index in [1.54, 1.807) is 24.3 Å². The quantitative estimate of drug-likeness (QED) is 0.827. The van der Waals surface area contributed by atoms with Crippen molar-refractivity contribution in [2.45, 2.75) is 0 Å². The van der Waals surface area contributed by atoms with Crippen molar-refractivity contribution in [3.63, 3.8) is 0 Å². The van der Waals surface area contributed by atoms with Crippen LogP contribution in [-0.2, 0) is 0 Å². The molecule has 104 valence electrons. The van der Waals surface area contributed by atoms with Crippen molar-refractivity contribution in [3.05, 3.63) is 64.9 Å². The number of aromatic carboxylic acids is 1. The second-order valence-corrected chi connectivity index (χ2v) is 4.52. The number of phenols is 1. The van der Waals surface area contributed by atoms with E-state index in [0.29, 0.717) is 16.9 Å². The van der Waals surface area contributed by atoms with Gasteiger partial charge in [-0.15, -0.1) is 0 Å². The Morgan fingerprint density at radius 1 is 1.14 bits per heavy atom. The molecule has 0 atom stereocenters. The molecule has 3 rings (SSSR count). The number of carboxylic acid groups (broad SMARTS) is 1. The molecule has 21 heavy (non-hydrogen) atoms. The number of allylic oxidation sites excluding steroid dienone is 1. The molecule has 2 aromatic rings. The first-order valence-corrected chi connectivity index (χ1v) is 6.16. The van der Waals surface area contributed by atoms with Gasteiger partial charge in [-0.2, -0.15) is 0 Å². The Kier molecular flexibility index (Phi) is 2.95. The monoisotopic (exact) mass is 282 g/mol. The molecule has 1 heterocycles. The van der Waals surface area contributed by atoms with E-state index in [-0.39, 0.29) is 22.9 Å². The van der Waals surface area contributed by atoms with Crippen LogP contribution in [0.4, 0.5) is 0 Å². The lowest BCUT2D eigenvalue weighted by Crippen LogP contribution is -2.00. The van der Waals surface area contributed by atoms with Gasteiger partial charge in [-0.05, 0) is 35.9 Å². The molecule has 1 aliphatic heterocycles. The molecule has 0 aliphatic carbocycles. The van der Waals surface area contributed by atoms with Crippen molar-refractivity contribution in [3.8, 4) is 11.5 Å². The van der Waals surface area contributed by atoms with Gasteiger partial charge >= 0.3 is 5.97 Å². The molecule has 0 unspecified atom stereocenters. The Labute approximate surface area is 119 Å². The van der Waals surface area contributed by atoms with Gasteiger partial charge in [0.1, 0.15) is 17.1 Å². The average molecular weight is 282 g/mol. The highest BCUT2D eigenvalue weighted by molar-refractivity contribution is 6.14. The van der Waals surface area contributed by atoms with Gasteiger partial charge in [-0.3, -0.25) is 4.79 Å². The highest BCUT2D eigenvalue weighted by Crippen LogP contribution is 2.31. The number of hydrogen-bond donors (Lipinski definition) is 2. The minimum Gasteiger partial charge on any atom is -0.507 e. The Morgan fingerprint density at radius 2 is 1.90 bits per heavy atom. The van der Waals surface area contributed by atoms with Crippen LogP contribution in [0.25, 0.3) is 6.08 Å². The zero-order valence-corrected chi connectivity index (χ0v) is 10.7. The molecule has 5 nitrogen and oxygen atoms in total. The van der Waals surface area contributed by atoms with Gasteiger partial charge in [-0.25, -0.2) is 4.79 Å². The number of Topliss-reactive ketones (excluding diaryl/α,β-unsaturated/α-hetero) is 1. The van der Waals surface area contributed by atoms with Crippen LogP contribution in [0.2, 0.25) is 0 Å². The molecule has 0 spiro atoms. The van der Waals surface area contributed by atoms with Crippen LogP contribution in [0.15, 0.2) is 48.2 Å². The molecular weight excluding hydrogens is 272 g/mol. The van der Waals surface area contributed by atoms with Gasteiger partial charge < -0.3 is 14.9 Å². The zero-order chi connectivity index (χ0) is 15.0. The Hall–Kier alpha value is -3.08. The second-order valence-electron chi connectivity index (χ2n) is 4.52. The maximum Gasteiger partial charge on any atom is 0.339 e. The Morgan fingerprint density at radius 3 is 2.62 bits per heavy atom. The van der Waals surface area contributed by atoms with Crippen molar-refractivity contribution in [1.29, 1.82) is 0 Å². The topological polar surface area (TPSA) is 83.8 Å². The molecule has 2 N–H and O–H groups in total. The summed E-state index contributed by atoms with van der Waals surface area (Å²) in [7, 11) is 0. The third-order valence-electron chi connectivity index (χ3n) is 3.12. The van der Waals surface area contributed by atoms with E-state index in [1.807, 2.05) is 0 Å². The summed E-state index contributed by atoms with van der Waals surface area (Å²) in [6.07, 6.45) is 1.45. The fraction of sp³-hybridized carbons (Fsp3) is 0. The van der Waals surface area contributed by atoms with E-state index < -0.39 is 5.97 Å². The molecule has 0 amide bonds. The number of para-hydroxylation sites is 1. The number of aromatic hydroxyl groups is 1. The van der Waals surface area contributed by atoms with Gasteiger partial charge in [0.2, 0.25) is 5.78 Å². The average Bonchev–Trinajstić information content (AvgIpc) is 2.78. The summed E-state index contributed by atoms with van der Waals surface area (Å²) in [5.74, 6) is -1.22. The van der Waals surface area contributed by atoms with Crippen molar-refractivity contribution >= 4 is 17.8 Å². The SMILES string of the molecule is O=C(O)c1cc(C=C2Oc3ccccc3C2=O)ccc1O. The maximum absolute atomic E-state index is 12.1. The number of rotatable bonds is 2. The molecule has 0 saturated carbocycles. The van der Waals surface area contributed by atoms with E-state index in [2.05, 4.69) is 0 Å². The number of fused-ring (bicyclic) bond motifs is 1. The van der Waals surface area contributed by atoms with E-state index in [1.165, 1.54) is 24.3 Å². The summed E-state index contributed by atoms with van der Waals surface area (Å²) in [6.45, 7) is 0. The second kappa shape index (κ2) is 4.79. The largest absolute Gasteiger partial charge is 0.507 e. The highest BCUT2D eigenvalue weighted by atomic mass is 16.5. The van der Waals surface area contributed by atoms with Gasteiger partial charge in [0.25, 0.3) is 0 Å². The standard InChI is InChI=1S/C16H10O5/c17-12-6-5-9(7-11(12)16(19)20)8-14-15(18)10-3-1-2-4-13(10)21-14/h1-8,17H,(H,19,20). The third kappa shape index (κ3) is 2.25. The first-order valence-electron chi connectivity index (χ1n) is 6.16. The van der Waals surface area contributed by atoms with Gasteiger partial charge in [0.05, 0.1) is 5.56 Å². The molecule has 0 bridgehead atoms. The number of carbonyl (C=O) groups excluding carboxylic acids is 1. The molecular formula is C16H10O5. The molecule has 1 aliphatic rings. The number of carbonyl (C=O) groups is 2. The highest BCUT2D eigenvalue weighted by Gasteiger charge is 2.26. The van der Waals surface area contributed by atoms with Crippen molar-refractivity contribution in [2.24, 2.45) is 0 Å². The summed E-state index contributed by atoms with van der Waals surface area (Å²) in [6, 6.07) is 10.9. The fourth-order valence-corrected chi connectivity index (χ4v) is 2.10. The van der Waals surface area contributed by atoms with Gasteiger partial charge in [0.15, 0.2) is 5.76 Å². The normalized spacial score (nSPS) is 14.9. The summed E-state index contributed by atoms with van der Waals surface area (Å²) in [5, 5.41) is 18.4. The molecule has 2 aromatic carbocycles. The zero-order valence-electron chi connectivity index (χ0n) is 10.7. The van der Waals surface area contributed by atoms with Crippen LogP contribution in [-0.4, -0.2) is 22.0 Å². The van der Waals surface area contributed by atoms with Crippen LogP contribution < -0.4 is 4.74 Å². The minimum atomic E-state index is -1.24. The Balaban J connectivity index is 2.00. The summed E-state index contributed by atoms with van der Waals surface area (Å²) >= 11 is 0. The predicted octanol–water partition coefficient (Wildman–Crippen LogP) is 2.71. The van der Waals surface area contributed by atoms with Crippen LogP contribution >= 0.6 is 0 Å². The number of benzene rings is 2. The van der Waals surface area contributed by atoms with Gasteiger partial charge in [-0.1, -0.05) is 18.2 Å². The summed E-state index contributed by atoms with van der Waals surface area (Å²) in [5.41, 5.74) is 0.703. The van der Waals surface area contributed by atoms with Gasteiger partial charge in [0, 0.05) is 0 Å². The minimum absolute atomic E-state index is 0.123. The summed E-state index contributed by atoms with van der Waals surface area (Å²) < 4.78 is 5.46. The molecule has 0 radical (unpaired) electrons. The van der Waals surface area contributed by atoms with E-state index in [4.69, 9.17) is 9.84 Å². The number of ether oxygens (including phenoxy) is 1. The molecule has 0 saturated heterocycles. The first kappa shape index (κ1) is 12.9. The lowest BCUT2D eigenvalue weighted by Gasteiger charge is -2.02. The van der Waals surface area contributed by atoms with Crippen molar-refractivity contribution < 1.29 is 24.5 Å². The van der Waals surface area contributed by atoms with E-state index >= 15 is 0 Å². The van der Waals surface area contributed by atoms with Crippen molar-refractivity contribution in [1.82, 2.24) is 0 Å². The van der Waals surface area contributed by atoms with Crippen LogP contribution in [0.5, 0.6) is 11.5 Å². The molecule has 0 fully saturated rings. The number of carboxylic acids is 1. The smallest absolute Gasteiger partial charge is 0.339 e. The molecule has 0 aromatic heterocycles. The van der Waals surface area contributed by atoms with E-state index in [9.17, 15) is 14.7 Å². The lowest BCUT2D eigenvalue weighted by molar-refractivity contribution is 0.0693.